The van der Waals surface area contributed by atoms with Crippen molar-refractivity contribution < 1.29 is 14.1 Å². The van der Waals surface area contributed by atoms with Gasteiger partial charge in [0.2, 0.25) is 0 Å². The standard InChI is InChI=1S/C16H18N4O3/c1-9(2)14-7-13(20-23-14)16(21)17-8-15-18-11-5-4-10(22-3)6-12(11)19-15/h4-7,9H,8H2,1-3H3,(H,17,21)(H,18,19). The Morgan fingerprint density at radius 3 is 2.91 bits per heavy atom. The number of nitrogens with zero attached hydrogens (tertiary/aromatic N) is 2. The number of amides is 1. The van der Waals surface area contributed by atoms with Crippen molar-refractivity contribution in [3.63, 3.8) is 0 Å². The second kappa shape index (κ2) is 6.12. The molecule has 2 N–H and O–H groups in total. The Kier molecular flexibility index (Phi) is 4.01. The Balaban J connectivity index is 1.68. The first-order valence-corrected chi connectivity index (χ1v) is 7.34. The molecule has 7 nitrogen and oxygen atoms in total. The minimum absolute atomic E-state index is 0.189. The van der Waals surface area contributed by atoms with Crippen molar-refractivity contribution in [2.75, 3.05) is 7.11 Å². The van der Waals surface area contributed by atoms with Crippen LogP contribution in [0.25, 0.3) is 11.0 Å². The summed E-state index contributed by atoms with van der Waals surface area (Å²) in [6, 6.07) is 7.22. The molecular weight excluding hydrogens is 296 g/mol. The van der Waals surface area contributed by atoms with Gasteiger partial charge in [-0.25, -0.2) is 4.98 Å². The van der Waals surface area contributed by atoms with E-state index in [1.54, 1.807) is 13.2 Å². The Morgan fingerprint density at radius 2 is 2.22 bits per heavy atom. The normalized spacial score (nSPS) is 11.1. The molecule has 0 unspecified atom stereocenters. The minimum Gasteiger partial charge on any atom is -0.497 e. The van der Waals surface area contributed by atoms with Crippen LogP contribution in [0.4, 0.5) is 0 Å². The Bertz CT molecular complexity index is 835. The smallest absolute Gasteiger partial charge is 0.273 e. The molecule has 2 aromatic heterocycles. The number of benzene rings is 1. The third kappa shape index (κ3) is 3.18. The van der Waals surface area contributed by atoms with Crippen molar-refractivity contribution in [1.29, 1.82) is 0 Å². The summed E-state index contributed by atoms with van der Waals surface area (Å²) >= 11 is 0. The quantitative estimate of drug-likeness (QED) is 0.755. The van der Waals surface area contributed by atoms with E-state index in [0.29, 0.717) is 11.6 Å². The molecule has 0 aliphatic heterocycles. The largest absolute Gasteiger partial charge is 0.497 e. The highest BCUT2D eigenvalue weighted by atomic mass is 16.5. The van der Waals surface area contributed by atoms with E-state index in [4.69, 9.17) is 9.26 Å². The molecule has 0 fully saturated rings. The summed E-state index contributed by atoms with van der Waals surface area (Å²) in [6.07, 6.45) is 0. The number of fused-ring (bicyclic) bond motifs is 1. The predicted molar refractivity (Wildman–Crippen MR) is 84.4 cm³/mol. The maximum absolute atomic E-state index is 12.1. The molecule has 1 amide bonds. The van der Waals surface area contributed by atoms with Crippen molar-refractivity contribution in [3.8, 4) is 5.75 Å². The number of hydrogen-bond donors (Lipinski definition) is 2. The van der Waals surface area contributed by atoms with Crippen LogP contribution in [0.3, 0.4) is 0 Å². The highest BCUT2D eigenvalue weighted by Crippen LogP contribution is 2.19. The second-order valence-corrected chi connectivity index (χ2v) is 5.52. The lowest BCUT2D eigenvalue weighted by Gasteiger charge is -1.99. The van der Waals surface area contributed by atoms with Crippen LogP contribution in [-0.2, 0) is 6.54 Å². The number of methoxy groups -OCH3 is 1. The average Bonchev–Trinajstić information content (AvgIpc) is 3.18. The summed E-state index contributed by atoms with van der Waals surface area (Å²) in [5, 5.41) is 6.55. The first-order chi connectivity index (χ1) is 11.1. The molecule has 0 atom stereocenters. The van der Waals surface area contributed by atoms with Crippen LogP contribution in [-0.4, -0.2) is 28.1 Å². The number of nitrogens with one attached hydrogen (secondary N) is 2. The highest BCUT2D eigenvalue weighted by molar-refractivity contribution is 5.92. The van der Waals surface area contributed by atoms with E-state index in [9.17, 15) is 4.79 Å². The predicted octanol–water partition coefficient (Wildman–Crippen LogP) is 2.61. The zero-order chi connectivity index (χ0) is 16.4. The number of aromatic amines is 1. The molecular formula is C16H18N4O3. The van der Waals surface area contributed by atoms with Crippen LogP contribution in [0.1, 0.15) is 41.8 Å². The third-order valence-electron chi connectivity index (χ3n) is 3.48. The summed E-state index contributed by atoms with van der Waals surface area (Å²) in [4.78, 5) is 19.6. The molecule has 1 aromatic carbocycles. The molecule has 0 radical (unpaired) electrons. The van der Waals surface area contributed by atoms with Gasteiger partial charge in [-0.05, 0) is 12.1 Å². The molecule has 7 heteroatoms. The average molecular weight is 314 g/mol. The minimum atomic E-state index is -0.293. The van der Waals surface area contributed by atoms with Gasteiger partial charge < -0.3 is 19.6 Å². The van der Waals surface area contributed by atoms with Gasteiger partial charge in [0.25, 0.3) is 5.91 Å². The van der Waals surface area contributed by atoms with Crippen LogP contribution < -0.4 is 10.1 Å². The molecule has 23 heavy (non-hydrogen) atoms. The number of ether oxygens (including phenoxy) is 1. The lowest BCUT2D eigenvalue weighted by atomic mass is 10.1. The van der Waals surface area contributed by atoms with Gasteiger partial charge in [0.1, 0.15) is 17.3 Å². The van der Waals surface area contributed by atoms with Gasteiger partial charge in [0, 0.05) is 18.1 Å². The Labute approximate surface area is 133 Å². The van der Waals surface area contributed by atoms with Gasteiger partial charge in [-0.3, -0.25) is 4.79 Å². The number of H-pyrrole nitrogens is 1. The van der Waals surface area contributed by atoms with Crippen LogP contribution in [0.5, 0.6) is 5.75 Å². The number of imidazole rings is 1. The van der Waals surface area contributed by atoms with Crippen LogP contribution in [0.2, 0.25) is 0 Å². The highest BCUT2D eigenvalue weighted by Gasteiger charge is 2.14. The van der Waals surface area contributed by atoms with Gasteiger partial charge in [0.05, 0.1) is 24.7 Å². The van der Waals surface area contributed by atoms with E-state index in [2.05, 4.69) is 20.4 Å². The van der Waals surface area contributed by atoms with E-state index < -0.39 is 0 Å². The molecule has 2 heterocycles. The molecule has 0 saturated carbocycles. The van der Waals surface area contributed by atoms with Crippen molar-refractivity contribution in [1.82, 2.24) is 20.4 Å². The third-order valence-corrected chi connectivity index (χ3v) is 3.48. The topological polar surface area (TPSA) is 93.0 Å². The zero-order valence-electron chi connectivity index (χ0n) is 13.2. The monoisotopic (exact) mass is 314 g/mol. The second-order valence-electron chi connectivity index (χ2n) is 5.52. The molecule has 120 valence electrons. The lowest BCUT2D eigenvalue weighted by molar-refractivity contribution is 0.0940. The zero-order valence-corrected chi connectivity index (χ0v) is 13.2. The number of rotatable bonds is 5. The Morgan fingerprint density at radius 1 is 1.39 bits per heavy atom. The summed E-state index contributed by atoms with van der Waals surface area (Å²) in [5.74, 6) is 1.99. The molecule has 0 bridgehead atoms. The fourth-order valence-corrected chi connectivity index (χ4v) is 2.18. The Hall–Kier alpha value is -2.83. The lowest BCUT2D eigenvalue weighted by Crippen LogP contribution is -2.23. The number of hydrogen-bond acceptors (Lipinski definition) is 5. The summed E-state index contributed by atoms with van der Waals surface area (Å²) in [5.41, 5.74) is 1.95. The number of carbonyl (C=O) groups excluding carboxylic acids is 1. The fraction of sp³-hybridized carbons (Fsp3) is 0.312. The summed E-state index contributed by atoms with van der Waals surface area (Å²) in [6.45, 7) is 4.23. The van der Waals surface area contributed by atoms with Crippen molar-refractivity contribution in [2.45, 2.75) is 26.3 Å². The van der Waals surface area contributed by atoms with E-state index in [0.717, 1.165) is 16.8 Å². The van der Waals surface area contributed by atoms with Crippen LogP contribution in [0.15, 0.2) is 28.8 Å². The molecule has 0 aliphatic rings. The van der Waals surface area contributed by atoms with Crippen LogP contribution >= 0.6 is 0 Å². The fourth-order valence-electron chi connectivity index (χ4n) is 2.18. The van der Waals surface area contributed by atoms with E-state index in [-0.39, 0.29) is 24.1 Å². The first kappa shape index (κ1) is 15.1. The van der Waals surface area contributed by atoms with Gasteiger partial charge in [-0.2, -0.15) is 0 Å². The first-order valence-electron chi connectivity index (χ1n) is 7.34. The van der Waals surface area contributed by atoms with Gasteiger partial charge in [-0.1, -0.05) is 19.0 Å². The van der Waals surface area contributed by atoms with Gasteiger partial charge in [-0.15, -0.1) is 0 Å². The summed E-state index contributed by atoms with van der Waals surface area (Å²) in [7, 11) is 1.61. The SMILES string of the molecule is COc1ccc2nc(CNC(=O)c3cc(C(C)C)on3)[nH]c2c1. The summed E-state index contributed by atoms with van der Waals surface area (Å²) < 4.78 is 10.3. The number of aromatic nitrogens is 3. The van der Waals surface area contributed by atoms with E-state index >= 15 is 0 Å². The molecule has 3 rings (SSSR count). The molecule has 0 aliphatic carbocycles. The molecule has 3 aromatic rings. The molecule has 0 spiro atoms. The van der Waals surface area contributed by atoms with Crippen molar-refractivity contribution in [2.24, 2.45) is 0 Å². The van der Waals surface area contributed by atoms with Gasteiger partial charge in [0.15, 0.2) is 5.69 Å². The maximum Gasteiger partial charge on any atom is 0.273 e. The number of carbonyl (C=O) groups is 1. The van der Waals surface area contributed by atoms with E-state index in [1.165, 1.54) is 0 Å². The van der Waals surface area contributed by atoms with Gasteiger partial charge >= 0.3 is 0 Å². The maximum atomic E-state index is 12.1. The van der Waals surface area contributed by atoms with Crippen molar-refractivity contribution in [3.05, 3.63) is 41.5 Å². The molecule has 0 saturated heterocycles. The van der Waals surface area contributed by atoms with Crippen LogP contribution in [0, 0.1) is 0 Å². The van der Waals surface area contributed by atoms with E-state index in [1.807, 2.05) is 32.0 Å². The van der Waals surface area contributed by atoms with Crippen molar-refractivity contribution >= 4 is 16.9 Å².